The van der Waals surface area contributed by atoms with E-state index in [1.54, 1.807) is 0 Å². The van der Waals surface area contributed by atoms with Crippen molar-refractivity contribution in [2.75, 3.05) is 0 Å². The van der Waals surface area contributed by atoms with Crippen LogP contribution >= 0.6 is 0 Å². The molecule has 1 aromatic heterocycles. The summed E-state index contributed by atoms with van der Waals surface area (Å²) in [5, 5.41) is 9.12. The van der Waals surface area contributed by atoms with Crippen molar-refractivity contribution in [2.24, 2.45) is 0 Å². The monoisotopic (exact) mass is 271 g/mol. The van der Waals surface area contributed by atoms with E-state index >= 15 is 0 Å². The van der Waals surface area contributed by atoms with Crippen molar-refractivity contribution in [3.8, 4) is 11.3 Å². The van der Waals surface area contributed by atoms with Gasteiger partial charge in [0.15, 0.2) is 0 Å². The van der Waals surface area contributed by atoms with E-state index in [1.165, 1.54) is 18.2 Å². The summed E-state index contributed by atoms with van der Waals surface area (Å²) in [5.41, 5.74) is -0.465. The number of hydrogen-bond donors (Lipinski definition) is 1. The lowest BCUT2D eigenvalue weighted by Gasteiger charge is -2.10. The van der Waals surface area contributed by atoms with E-state index in [0.29, 0.717) is 0 Å². The highest BCUT2D eigenvalue weighted by Gasteiger charge is 2.30. The number of benzene rings is 1. The number of alkyl halides is 3. The molecule has 19 heavy (non-hydrogen) atoms. The Kier molecular flexibility index (Phi) is 3.53. The highest BCUT2D eigenvalue weighted by Crippen LogP contribution is 2.32. The smallest absolute Gasteiger partial charge is 0.392 e. The van der Waals surface area contributed by atoms with Crippen LogP contribution in [0.1, 0.15) is 11.1 Å². The Hall–Kier alpha value is -1.95. The molecular weight excluding hydrogens is 262 g/mol. The average molecular weight is 271 g/mol. The van der Waals surface area contributed by atoms with Gasteiger partial charge in [0.05, 0.1) is 17.9 Å². The minimum Gasteiger partial charge on any atom is -0.392 e. The molecule has 0 atom stereocenters. The molecule has 0 saturated heterocycles. The highest BCUT2D eigenvalue weighted by molar-refractivity contribution is 5.63. The summed E-state index contributed by atoms with van der Waals surface area (Å²) in [4.78, 5) is 3.54. The fourth-order valence-electron chi connectivity index (χ4n) is 1.68. The third-order valence-electron chi connectivity index (χ3n) is 2.58. The second-order valence-corrected chi connectivity index (χ2v) is 3.88. The maximum absolute atomic E-state index is 13.1. The highest BCUT2D eigenvalue weighted by atomic mass is 19.4. The van der Waals surface area contributed by atoms with Crippen LogP contribution in [-0.4, -0.2) is 10.1 Å². The van der Waals surface area contributed by atoms with Crippen LogP contribution < -0.4 is 0 Å². The molecule has 0 spiro atoms. The van der Waals surface area contributed by atoms with Crippen LogP contribution in [0.2, 0.25) is 0 Å². The standard InChI is InChI=1S/C13H9F4NO/c14-11-5-4-9(7-19)12(18-11)8-2-1-3-10(6-8)13(15,16)17/h1-6,19H,7H2. The van der Waals surface area contributed by atoms with Gasteiger partial charge in [-0.05, 0) is 18.2 Å². The molecule has 100 valence electrons. The minimum atomic E-state index is -4.48. The predicted molar refractivity (Wildman–Crippen MR) is 60.6 cm³/mol. The second kappa shape index (κ2) is 4.97. The quantitative estimate of drug-likeness (QED) is 0.670. The number of aliphatic hydroxyl groups is 1. The van der Waals surface area contributed by atoms with Gasteiger partial charge in [0.1, 0.15) is 0 Å². The number of halogens is 4. The molecule has 1 N–H and O–H groups in total. The van der Waals surface area contributed by atoms with Crippen molar-refractivity contribution in [1.82, 2.24) is 4.98 Å². The van der Waals surface area contributed by atoms with Gasteiger partial charge in [0.2, 0.25) is 5.95 Å². The van der Waals surface area contributed by atoms with Gasteiger partial charge < -0.3 is 5.11 Å². The van der Waals surface area contributed by atoms with Gasteiger partial charge in [-0.2, -0.15) is 17.6 Å². The van der Waals surface area contributed by atoms with Crippen molar-refractivity contribution in [1.29, 1.82) is 0 Å². The molecule has 2 aromatic rings. The Morgan fingerprint density at radius 2 is 1.84 bits per heavy atom. The first kappa shape index (κ1) is 13.5. The summed E-state index contributed by atoms with van der Waals surface area (Å²) in [6, 6.07) is 6.73. The SMILES string of the molecule is OCc1ccc(F)nc1-c1cccc(C(F)(F)F)c1. The summed E-state index contributed by atoms with van der Waals surface area (Å²) >= 11 is 0. The van der Waals surface area contributed by atoms with Gasteiger partial charge in [0, 0.05) is 11.1 Å². The molecule has 0 radical (unpaired) electrons. The second-order valence-electron chi connectivity index (χ2n) is 3.88. The first-order valence-electron chi connectivity index (χ1n) is 5.35. The number of aliphatic hydroxyl groups excluding tert-OH is 1. The average Bonchev–Trinajstić information content (AvgIpc) is 2.38. The van der Waals surface area contributed by atoms with Crippen molar-refractivity contribution >= 4 is 0 Å². The van der Waals surface area contributed by atoms with E-state index < -0.39 is 24.3 Å². The fourth-order valence-corrected chi connectivity index (χ4v) is 1.68. The summed E-state index contributed by atoms with van der Waals surface area (Å²) in [7, 11) is 0. The van der Waals surface area contributed by atoms with Crippen LogP contribution in [0.15, 0.2) is 36.4 Å². The van der Waals surface area contributed by atoms with Crippen molar-refractivity contribution in [2.45, 2.75) is 12.8 Å². The molecule has 1 heterocycles. The van der Waals surface area contributed by atoms with Crippen LogP contribution in [0.25, 0.3) is 11.3 Å². The Morgan fingerprint density at radius 3 is 2.47 bits per heavy atom. The van der Waals surface area contributed by atoms with Crippen LogP contribution in [0.4, 0.5) is 17.6 Å². The van der Waals surface area contributed by atoms with Gasteiger partial charge >= 0.3 is 6.18 Å². The lowest BCUT2D eigenvalue weighted by molar-refractivity contribution is -0.137. The van der Waals surface area contributed by atoms with E-state index in [-0.39, 0.29) is 16.8 Å². The maximum Gasteiger partial charge on any atom is 0.416 e. The van der Waals surface area contributed by atoms with Crippen LogP contribution in [0.5, 0.6) is 0 Å². The summed E-state index contributed by atoms with van der Waals surface area (Å²) in [5.74, 6) is -0.815. The van der Waals surface area contributed by atoms with E-state index in [4.69, 9.17) is 5.11 Å². The maximum atomic E-state index is 13.1. The van der Waals surface area contributed by atoms with Gasteiger partial charge in [-0.25, -0.2) is 4.98 Å². The summed E-state index contributed by atoms with van der Waals surface area (Å²) in [6.07, 6.45) is -4.48. The molecule has 2 rings (SSSR count). The molecule has 0 aliphatic rings. The number of hydrogen-bond acceptors (Lipinski definition) is 2. The Balaban J connectivity index is 2.56. The van der Waals surface area contributed by atoms with E-state index in [2.05, 4.69) is 4.98 Å². The molecule has 0 aliphatic carbocycles. The normalized spacial score (nSPS) is 11.6. The van der Waals surface area contributed by atoms with Crippen molar-refractivity contribution in [3.05, 3.63) is 53.5 Å². The largest absolute Gasteiger partial charge is 0.416 e. The minimum absolute atomic E-state index is 0.00796. The summed E-state index contributed by atoms with van der Waals surface area (Å²) < 4.78 is 50.9. The lowest BCUT2D eigenvalue weighted by Crippen LogP contribution is -2.05. The number of nitrogens with zero attached hydrogens (tertiary/aromatic N) is 1. The molecule has 2 nitrogen and oxygen atoms in total. The molecule has 0 fully saturated rings. The predicted octanol–water partition coefficient (Wildman–Crippen LogP) is 3.40. The number of rotatable bonds is 2. The van der Waals surface area contributed by atoms with Crippen molar-refractivity contribution < 1.29 is 22.7 Å². The lowest BCUT2D eigenvalue weighted by atomic mass is 10.0. The Morgan fingerprint density at radius 1 is 1.11 bits per heavy atom. The molecule has 0 amide bonds. The van der Waals surface area contributed by atoms with E-state index in [0.717, 1.165) is 18.2 Å². The zero-order valence-corrected chi connectivity index (χ0v) is 9.58. The molecule has 1 aromatic carbocycles. The van der Waals surface area contributed by atoms with Crippen molar-refractivity contribution in [3.63, 3.8) is 0 Å². The molecule has 0 saturated carbocycles. The van der Waals surface area contributed by atoms with E-state index in [1.807, 2.05) is 0 Å². The summed E-state index contributed by atoms with van der Waals surface area (Å²) in [6.45, 7) is -0.432. The molecule has 0 unspecified atom stereocenters. The van der Waals surface area contributed by atoms with Crippen LogP contribution in [-0.2, 0) is 12.8 Å². The molecule has 0 aliphatic heterocycles. The van der Waals surface area contributed by atoms with Gasteiger partial charge in [-0.1, -0.05) is 18.2 Å². The molecule has 6 heteroatoms. The van der Waals surface area contributed by atoms with Crippen LogP contribution in [0.3, 0.4) is 0 Å². The van der Waals surface area contributed by atoms with Gasteiger partial charge in [-0.3, -0.25) is 0 Å². The zero-order valence-electron chi connectivity index (χ0n) is 9.58. The van der Waals surface area contributed by atoms with Gasteiger partial charge in [-0.15, -0.1) is 0 Å². The fraction of sp³-hybridized carbons (Fsp3) is 0.154. The van der Waals surface area contributed by atoms with Crippen LogP contribution in [0, 0.1) is 5.95 Å². The molecular formula is C13H9F4NO. The third-order valence-corrected chi connectivity index (χ3v) is 2.58. The van der Waals surface area contributed by atoms with Gasteiger partial charge in [0.25, 0.3) is 0 Å². The number of pyridine rings is 1. The zero-order chi connectivity index (χ0) is 14.0. The molecule has 0 bridgehead atoms. The first-order valence-corrected chi connectivity index (χ1v) is 5.35. The topological polar surface area (TPSA) is 33.1 Å². The first-order chi connectivity index (χ1) is 8.91. The Labute approximate surface area is 106 Å². The third kappa shape index (κ3) is 2.90. The van der Waals surface area contributed by atoms with E-state index in [9.17, 15) is 17.6 Å². The number of aromatic nitrogens is 1. The Bertz CT molecular complexity index is 595.